The Morgan fingerprint density at radius 3 is 2.71 bits per heavy atom. The van der Waals surface area contributed by atoms with Gasteiger partial charge in [0.15, 0.2) is 11.0 Å². The number of imidazole rings is 1. The zero-order chi connectivity index (χ0) is 12.4. The summed E-state index contributed by atoms with van der Waals surface area (Å²) in [6.07, 6.45) is -0.145. The Hall–Kier alpha value is -2.17. The van der Waals surface area contributed by atoms with Gasteiger partial charge in [-0.3, -0.25) is 4.79 Å². The summed E-state index contributed by atoms with van der Waals surface area (Å²) < 4.78 is 1.53. The molecule has 5 heteroatoms. The quantitative estimate of drug-likeness (QED) is 0.867. The number of carbonyl (C=O) groups excluding carboxylic acids is 1. The second-order valence-corrected chi connectivity index (χ2v) is 3.85. The van der Waals surface area contributed by atoms with Gasteiger partial charge < -0.3 is 5.11 Å². The highest BCUT2D eigenvalue weighted by Gasteiger charge is 2.21. The summed E-state index contributed by atoms with van der Waals surface area (Å²) in [6, 6.07) is 7.43. The van der Waals surface area contributed by atoms with Gasteiger partial charge in [-0.15, -0.1) is 0 Å². The van der Waals surface area contributed by atoms with Crippen LogP contribution in [0.1, 0.15) is 23.5 Å². The number of H-pyrrole nitrogens is 1. The number of rotatable bonds is 3. The van der Waals surface area contributed by atoms with E-state index in [0.29, 0.717) is 5.82 Å². The van der Waals surface area contributed by atoms with E-state index in [1.807, 2.05) is 24.3 Å². The third-order valence-corrected chi connectivity index (χ3v) is 2.60. The molecule has 2 aromatic rings. The Morgan fingerprint density at radius 1 is 1.29 bits per heavy atom. The van der Waals surface area contributed by atoms with Crippen molar-refractivity contribution in [1.29, 1.82) is 0 Å². The minimum absolute atomic E-state index is 0.00267. The van der Waals surface area contributed by atoms with Gasteiger partial charge in [-0.25, -0.2) is 9.78 Å². The fourth-order valence-corrected chi connectivity index (χ4v) is 1.85. The molecule has 0 unspecified atom stereocenters. The Kier molecular flexibility index (Phi) is 2.91. The SMILES string of the molecule is Cc1[nH+]c2ccccc2n1C(=O)CCC(=O)O. The monoisotopic (exact) mass is 233 g/mol. The van der Waals surface area contributed by atoms with Crippen LogP contribution in [0, 0.1) is 6.92 Å². The second-order valence-electron chi connectivity index (χ2n) is 3.85. The van der Waals surface area contributed by atoms with Crippen molar-refractivity contribution < 1.29 is 19.7 Å². The molecule has 1 aromatic carbocycles. The molecule has 0 radical (unpaired) electrons. The maximum atomic E-state index is 11.9. The average Bonchev–Trinajstić information content (AvgIpc) is 2.61. The van der Waals surface area contributed by atoms with E-state index in [0.717, 1.165) is 11.0 Å². The number of fused-ring (bicyclic) bond motifs is 1. The van der Waals surface area contributed by atoms with Crippen LogP contribution in [0.3, 0.4) is 0 Å². The van der Waals surface area contributed by atoms with Gasteiger partial charge in [-0.05, 0) is 12.1 Å². The van der Waals surface area contributed by atoms with Crippen LogP contribution in [0.2, 0.25) is 0 Å². The average molecular weight is 233 g/mol. The van der Waals surface area contributed by atoms with Crippen LogP contribution in [0.15, 0.2) is 24.3 Å². The molecule has 0 saturated heterocycles. The molecule has 0 saturated carbocycles. The molecule has 0 bridgehead atoms. The van der Waals surface area contributed by atoms with Crippen LogP contribution in [0.25, 0.3) is 11.0 Å². The van der Waals surface area contributed by atoms with Gasteiger partial charge in [-0.1, -0.05) is 12.1 Å². The first kappa shape index (κ1) is 11.3. The Labute approximate surface area is 97.7 Å². The number of carbonyl (C=O) groups is 2. The summed E-state index contributed by atoms with van der Waals surface area (Å²) in [7, 11) is 0. The molecule has 5 nitrogen and oxygen atoms in total. The van der Waals surface area contributed by atoms with Crippen LogP contribution in [0.5, 0.6) is 0 Å². The first-order chi connectivity index (χ1) is 8.09. The van der Waals surface area contributed by atoms with Gasteiger partial charge >= 0.3 is 11.9 Å². The number of aromatic nitrogens is 2. The standard InChI is InChI=1S/C12H12N2O3/c1-8-13-9-4-2-3-5-10(9)14(8)11(15)6-7-12(16)17/h2-5H,6-7H2,1H3,(H,16,17)/p+1. The molecule has 0 amide bonds. The summed E-state index contributed by atoms with van der Waals surface area (Å²) in [5, 5.41) is 8.57. The molecule has 0 fully saturated rings. The fraction of sp³-hybridized carbons (Fsp3) is 0.250. The highest BCUT2D eigenvalue weighted by molar-refractivity contribution is 5.90. The van der Waals surface area contributed by atoms with Crippen LogP contribution in [0.4, 0.5) is 0 Å². The molecule has 0 aliphatic heterocycles. The van der Waals surface area contributed by atoms with Crippen molar-refractivity contribution in [2.45, 2.75) is 19.8 Å². The number of hydrogen-bond acceptors (Lipinski definition) is 2. The topological polar surface area (TPSA) is 73.4 Å². The molecular formula is C12H13N2O3+. The molecule has 0 atom stereocenters. The molecule has 0 spiro atoms. The summed E-state index contributed by atoms with van der Waals surface area (Å²) in [4.78, 5) is 25.5. The van der Waals surface area contributed by atoms with E-state index in [1.54, 1.807) is 6.92 Å². The van der Waals surface area contributed by atoms with Crippen LogP contribution >= 0.6 is 0 Å². The van der Waals surface area contributed by atoms with Crippen molar-refractivity contribution >= 4 is 22.9 Å². The second kappa shape index (κ2) is 4.37. The predicted octanol–water partition coefficient (Wildman–Crippen LogP) is 1.27. The van der Waals surface area contributed by atoms with E-state index in [4.69, 9.17) is 5.11 Å². The number of aromatic amines is 1. The summed E-state index contributed by atoms with van der Waals surface area (Å²) in [6.45, 7) is 1.79. The zero-order valence-corrected chi connectivity index (χ0v) is 9.43. The van der Waals surface area contributed by atoms with E-state index in [-0.39, 0.29) is 18.7 Å². The van der Waals surface area contributed by atoms with Gasteiger partial charge in [0, 0.05) is 6.92 Å². The Morgan fingerprint density at radius 2 is 2.00 bits per heavy atom. The number of carboxylic acid groups (broad SMARTS) is 1. The van der Waals surface area contributed by atoms with Crippen LogP contribution in [-0.4, -0.2) is 21.6 Å². The van der Waals surface area contributed by atoms with E-state index < -0.39 is 5.97 Å². The largest absolute Gasteiger partial charge is 0.481 e. The van der Waals surface area contributed by atoms with E-state index in [1.165, 1.54) is 4.57 Å². The number of carboxylic acids is 1. The molecule has 0 aliphatic rings. The lowest BCUT2D eigenvalue weighted by Crippen LogP contribution is -2.16. The van der Waals surface area contributed by atoms with Crippen molar-refractivity contribution in [3.8, 4) is 0 Å². The highest BCUT2D eigenvalue weighted by Crippen LogP contribution is 2.12. The number of para-hydroxylation sites is 2. The minimum atomic E-state index is -0.962. The molecule has 2 rings (SSSR count). The van der Waals surface area contributed by atoms with Gasteiger partial charge in [0.25, 0.3) is 5.82 Å². The maximum absolute atomic E-state index is 11.9. The maximum Gasteiger partial charge on any atom is 0.315 e. The zero-order valence-electron chi connectivity index (χ0n) is 9.43. The smallest absolute Gasteiger partial charge is 0.315 e. The molecular weight excluding hydrogens is 220 g/mol. The van der Waals surface area contributed by atoms with Gasteiger partial charge in [-0.2, -0.15) is 4.57 Å². The minimum Gasteiger partial charge on any atom is -0.481 e. The van der Waals surface area contributed by atoms with Crippen LogP contribution < -0.4 is 4.98 Å². The first-order valence-corrected chi connectivity index (χ1v) is 5.34. The summed E-state index contributed by atoms with van der Waals surface area (Å²) in [5.74, 6) is -0.458. The van der Waals surface area contributed by atoms with Gasteiger partial charge in [0.05, 0.1) is 12.8 Å². The molecule has 2 N–H and O–H groups in total. The number of benzene rings is 1. The molecule has 17 heavy (non-hydrogen) atoms. The van der Waals surface area contributed by atoms with Crippen molar-refractivity contribution in [1.82, 2.24) is 4.57 Å². The Bertz CT molecular complexity index is 586. The third-order valence-electron chi connectivity index (χ3n) is 2.60. The van der Waals surface area contributed by atoms with Gasteiger partial charge in [0.2, 0.25) is 0 Å². The lowest BCUT2D eigenvalue weighted by molar-refractivity contribution is -0.356. The number of hydrogen-bond donors (Lipinski definition) is 1. The number of aryl methyl sites for hydroxylation is 1. The van der Waals surface area contributed by atoms with E-state index >= 15 is 0 Å². The normalized spacial score (nSPS) is 10.6. The van der Waals surface area contributed by atoms with Crippen molar-refractivity contribution in [2.75, 3.05) is 0 Å². The summed E-state index contributed by atoms with van der Waals surface area (Å²) >= 11 is 0. The molecule has 88 valence electrons. The lowest BCUT2D eigenvalue weighted by Gasteiger charge is -1.96. The van der Waals surface area contributed by atoms with Crippen molar-refractivity contribution in [3.63, 3.8) is 0 Å². The van der Waals surface area contributed by atoms with Crippen molar-refractivity contribution in [3.05, 3.63) is 30.1 Å². The lowest BCUT2D eigenvalue weighted by atomic mass is 10.2. The first-order valence-electron chi connectivity index (χ1n) is 5.34. The van der Waals surface area contributed by atoms with Crippen LogP contribution in [-0.2, 0) is 4.79 Å². The van der Waals surface area contributed by atoms with Crippen molar-refractivity contribution in [2.24, 2.45) is 0 Å². The van der Waals surface area contributed by atoms with Gasteiger partial charge in [0.1, 0.15) is 0 Å². The molecule has 1 heterocycles. The van der Waals surface area contributed by atoms with E-state index in [9.17, 15) is 9.59 Å². The number of nitrogens with one attached hydrogen (secondary N) is 1. The number of nitrogens with zero attached hydrogens (tertiary/aromatic N) is 1. The fourth-order valence-electron chi connectivity index (χ4n) is 1.85. The predicted molar refractivity (Wildman–Crippen MR) is 60.7 cm³/mol. The molecule has 1 aromatic heterocycles. The highest BCUT2D eigenvalue weighted by atomic mass is 16.4. The third kappa shape index (κ3) is 2.18. The summed E-state index contributed by atoms with van der Waals surface area (Å²) in [5.41, 5.74) is 1.65. The molecule has 0 aliphatic carbocycles. The van der Waals surface area contributed by atoms with E-state index in [2.05, 4.69) is 4.98 Å². The Balaban J connectivity index is 2.37. The number of aliphatic carboxylic acids is 1.